The first-order valence-corrected chi connectivity index (χ1v) is 21.5. The van der Waals surface area contributed by atoms with E-state index in [0.29, 0.717) is 17.9 Å². The molecule has 0 aromatic heterocycles. The highest BCUT2D eigenvalue weighted by Crippen LogP contribution is 3.04. The SMILES string of the molecule is CCCCC(=O)Nc1ccc(C(=O)Oc2ccc(P3(=S)SP(=S)(c4ccc(O)cc4)S3)cc2)c(OC(C)=O)c1. The molecule has 0 unspecified atom stereocenters. The quantitative estimate of drug-likeness (QED) is 0.149. The van der Waals surface area contributed by atoms with E-state index in [1.807, 2.05) is 31.2 Å². The van der Waals surface area contributed by atoms with E-state index in [9.17, 15) is 19.5 Å². The van der Waals surface area contributed by atoms with Gasteiger partial charge in [0.05, 0.1) is 8.88 Å². The van der Waals surface area contributed by atoms with Crippen molar-refractivity contribution in [2.45, 2.75) is 33.1 Å². The zero-order chi connectivity index (χ0) is 28.2. The van der Waals surface area contributed by atoms with Crippen molar-refractivity contribution in [3.8, 4) is 17.2 Å². The van der Waals surface area contributed by atoms with E-state index >= 15 is 0 Å². The molecule has 1 aliphatic rings. The number of hydrogen-bond donors (Lipinski definition) is 2. The molecule has 1 heterocycles. The van der Waals surface area contributed by atoms with Crippen LogP contribution in [0, 0.1) is 0 Å². The van der Waals surface area contributed by atoms with Gasteiger partial charge in [0, 0.05) is 35.7 Å². The zero-order valence-corrected chi connectivity index (χ0v) is 26.0. The molecule has 7 nitrogen and oxygen atoms in total. The molecule has 2 N–H and O–H groups in total. The number of amides is 1. The zero-order valence-electron chi connectivity index (χ0n) is 21.0. The summed E-state index contributed by atoms with van der Waals surface area (Å²) in [5.41, 5.74) is 0.462. The Morgan fingerprint density at radius 2 is 1.49 bits per heavy atom. The van der Waals surface area contributed by atoms with Crippen LogP contribution in [-0.2, 0) is 33.2 Å². The standard InChI is InChI=1S/C26H25NO6P2S4/c1-3-4-5-25(30)27-18-6-15-23(24(16-18)32-17(2)28)26(31)33-20-9-13-22(14-10-20)35(37)38-34(36,39-35)21-11-7-19(29)8-12-21/h6-16,29H,3-5H2,1-2H3,(H,27,30). The Labute approximate surface area is 244 Å². The molecule has 0 aliphatic carbocycles. The van der Waals surface area contributed by atoms with Gasteiger partial charge < -0.3 is 19.9 Å². The van der Waals surface area contributed by atoms with Crippen molar-refractivity contribution in [1.29, 1.82) is 0 Å². The normalized spacial score (nSPS) is 19.9. The summed E-state index contributed by atoms with van der Waals surface area (Å²) < 4.78 is 6.87. The molecule has 1 aliphatic heterocycles. The fraction of sp³-hybridized carbons (Fsp3) is 0.192. The Morgan fingerprint density at radius 3 is 2.05 bits per heavy atom. The van der Waals surface area contributed by atoms with Gasteiger partial charge in [-0.2, -0.15) is 0 Å². The number of unbranched alkanes of at least 4 members (excludes halogenated alkanes) is 1. The fourth-order valence-corrected chi connectivity index (χ4v) is 45.8. The van der Waals surface area contributed by atoms with E-state index in [0.717, 1.165) is 23.5 Å². The Balaban J connectivity index is 1.45. The average molecular weight is 638 g/mol. The minimum absolute atomic E-state index is 0.00454. The number of phenolic OH excluding ortho intramolecular Hbond substituents is 1. The smallest absolute Gasteiger partial charge is 0.347 e. The molecule has 1 fully saturated rings. The van der Waals surface area contributed by atoms with Crippen molar-refractivity contribution in [3.63, 3.8) is 0 Å². The van der Waals surface area contributed by atoms with Gasteiger partial charge in [-0.15, -0.1) is 0 Å². The van der Waals surface area contributed by atoms with Crippen molar-refractivity contribution in [2.24, 2.45) is 0 Å². The first kappa shape index (κ1) is 29.8. The van der Waals surface area contributed by atoms with E-state index in [1.165, 1.54) is 19.1 Å². The van der Waals surface area contributed by atoms with E-state index in [1.54, 1.807) is 52.3 Å². The van der Waals surface area contributed by atoms with Crippen LogP contribution in [0.15, 0.2) is 66.7 Å². The molecule has 3 aromatic carbocycles. The molecule has 0 spiro atoms. The third kappa shape index (κ3) is 7.34. The van der Waals surface area contributed by atoms with Crippen molar-refractivity contribution >= 4 is 88.6 Å². The second-order valence-corrected chi connectivity index (χ2v) is 29.8. The predicted molar refractivity (Wildman–Crippen MR) is 168 cm³/mol. The lowest BCUT2D eigenvalue weighted by molar-refractivity contribution is -0.131. The Bertz CT molecular complexity index is 1500. The Hall–Kier alpha value is -2.13. The summed E-state index contributed by atoms with van der Waals surface area (Å²) >= 11 is 15.2. The van der Waals surface area contributed by atoms with Crippen LogP contribution >= 0.6 is 30.9 Å². The predicted octanol–water partition coefficient (Wildman–Crippen LogP) is 6.72. The summed E-state index contributed by atoms with van der Waals surface area (Å²) in [7, 11) is 0. The number of benzene rings is 3. The van der Waals surface area contributed by atoms with Crippen LogP contribution < -0.4 is 25.4 Å². The van der Waals surface area contributed by atoms with Gasteiger partial charge in [-0.25, -0.2) is 4.79 Å². The van der Waals surface area contributed by atoms with E-state index in [4.69, 9.17) is 33.1 Å². The molecule has 1 amide bonds. The number of phenols is 1. The molecule has 13 heteroatoms. The molecular weight excluding hydrogens is 613 g/mol. The molecule has 0 bridgehead atoms. The van der Waals surface area contributed by atoms with Crippen LogP contribution in [0.25, 0.3) is 0 Å². The molecule has 4 rings (SSSR count). The lowest BCUT2D eigenvalue weighted by Crippen LogP contribution is -2.15. The monoisotopic (exact) mass is 637 g/mol. The summed E-state index contributed by atoms with van der Waals surface area (Å²) in [5, 5.41) is 14.3. The fourth-order valence-electron chi connectivity index (χ4n) is 3.54. The number of carbonyl (C=O) groups is 3. The summed E-state index contributed by atoms with van der Waals surface area (Å²) in [6.45, 7) is 3.22. The molecule has 204 valence electrons. The summed E-state index contributed by atoms with van der Waals surface area (Å²) in [4.78, 5) is 36.7. The number of nitrogens with one attached hydrogen (secondary N) is 1. The molecule has 0 atom stereocenters. The summed E-state index contributed by atoms with van der Waals surface area (Å²) in [6, 6.07) is 18.5. The molecule has 0 saturated carbocycles. The number of rotatable bonds is 9. The van der Waals surface area contributed by atoms with Gasteiger partial charge in [-0.1, -0.05) is 59.0 Å². The van der Waals surface area contributed by atoms with Gasteiger partial charge in [-0.05, 0) is 67.1 Å². The third-order valence-electron chi connectivity index (χ3n) is 5.46. The Morgan fingerprint density at radius 1 is 0.897 bits per heavy atom. The van der Waals surface area contributed by atoms with Crippen LogP contribution in [0.4, 0.5) is 5.69 Å². The number of esters is 2. The topological polar surface area (TPSA) is 102 Å². The molecule has 39 heavy (non-hydrogen) atoms. The summed E-state index contributed by atoms with van der Waals surface area (Å²) in [6.07, 6.45) is 2.02. The minimum atomic E-state index is -1.99. The highest BCUT2D eigenvalue weighted by atomic mass is 33.7. The maximum atomic E-state index is 13.0. The second kappa shape index (κ2) is 12.6. The lowest BCUT2D eigenvalue weighted by atomic mass is 10.1. The summed E-state index contributed by atoms with van der Waals surface area (Å²) in [5.74, 6) is -0.970. The number of carbonyl (C=O) groups excluding carboxylic acids is 3. The molecular formula is C26H25NO6P2S4. The van der Waals surface area contributed by atoms with Crippen molar-refractivity contribution in [1.82, 2.24) is 0 Å². The largest absolute Gasteiger partial charge is 0.508 e. The molecule has 0 radical (unpaired) electrons. The first-order valence-electron chi connectivity index (χ1n) is 11.9. The Kier molecular flexibility index (Phi) is 9.63. The maximum absolute atomic E-state index is 13.0. The number of anilines is 1. The van der Waals surface area contributed by atoms with E-state index in [2.05, 4.69) is 5.32 Å². The number of hydrogen-bond acceptors (Lipinski definition) is 10. The number of ether oxygens (including phenoxy) is 2. The molecule has 3 aromatic rings. The molecule has 1 saturated heterocycles. The highest BCUT2D eigenvalue weighted by molar-refractivity contribution is 9.48. The van der Waals surface area contributed by atoms with E-state index in [-0.39, 0.29) is 23.0 Å². The van der Waals surface area contributed by atoms with Gasteiger partial charge in [-0.3, -0.25) is 9.59 Å². The van der Waals surface area contributed by atoms with Crippen LogP contribution in [0.1, 0.15) is 43.5 Å². The maximum Gasteiger partial charge on any atom is 0.347 e. The van der Waals surface area contributed by atoms with Crippen LogP contribution in [0.5, 0.6) is 17.2 Å². The average Bonchev–Trinajstić information content (AvgIpc) is 2.87. The van der Waals surface area contributed by atoms with Gasteiger partial charge >= 0.3 is 11.9 Å². The second-order valence-electron chi connectivity index (χ2n) is 8.51. The lowest BCUT2D eigenvalue weighted by Gasteiger charge is -2.40. The highest BCUT2D eigenvalue weighted by Gasteiger charge is 2.45. The van der Waals surface area contributed by atoms with Crippen LogP contribution in [0.3, 0.4) is 0 Å². The van der Waals surface area contributed by atoms with Crippen LogP contribution in [0.2, 0.25) is 0 Å². The van der Waals surface area contributed by atoms with Gasteiger partial charge in [0.25, 0.3) is 0 Å². The third-order valence-corrected chi connectivity index (χ3v) is 36.7. The van der Waals surface area contributed by atoms with Gasteiger partial charge in [0.15, 0.2) is 0 Å². The number of aromatic hydroxyl groups is 1. The van der Waals surface area contributed by atoms with E-state index < -0.39 is 20.8 Å². The van der Waals surface area contributed by atoms with Gasteiger partial charge in [0.2, 0.25) is 5.91 Å². The minimum Gasteiger partial charge on any atom is -0.508 e. The van der Waals surface area contributed by atoms with Crippen molar-refractivity contribution in [3.05, 3.63) is 72.3 Å². The van der Waals surface area contributed by atoms with Crippen molar-refractivity contribution in [2.75, 3.05) is 5.32 Å². The van der Waals surface area contributed by atoms with Gasteiger partial charge in [0.1, 0.15) is 22.8 Å². The first-order chi connectivity index (χ1) is 18.5. The van der Waals surface area contributed by atoms with Crippen molar-refractivity contribution < 1.29 is 29.0 Å². The van der Waals surface area contributed by atoms with Crippen LogP contribution in [-0.4, -0.2) is 23.0 Å².